The van der Waals surface area contributed by atoms with Crippen LogP contribution >= 0.6 is 0 Å². The van der Waals surface area contributed by atoms with E-state index in [9.17, 15) is 21.6 Å². The number of aryl methyl sites for hydroxylation is 2. The predicted octanol–water partition coefficient (Wildman–Crippen LogP) is 3.44. The zero-order chi connectivity index (χ0) is 26.5. The summed E-state index contributed by atoms with van der Waals surface area (Å²) in [7, 11) is -5.32. The number of methoxy groups -OCH3 is 1. The minimum atomic E-state index is -4.04. The van der Waals surface area contributed by atoms with Gasteiger partial charge >= 0.3 is 0 Å². The second-order valence-corrected chi connectivity index (χ2v) is 11.8. The van der Waals surface area contributed by atoms with E-state index in [1.807, 2.05) is 32.0 Å². The van der Waals surface area contributed by atoms with Crippen molar-refractivity contribution in [1.82, 2.24) is 4.72 Å². The molecule has 192 valence electrons. The Morgan fingerprint density at radius 1 is 0.889 bits per heavy atom. The summed E-state index contributed by atoms with van der Waals surface area (Å²) in [5.74, 6) is -0.150. The minimum Gasteiger partial charge on any atom is -0.495 e. The highest BCUT2D eigenvalue weighted by molar-refractivity contribution is 7.92. The maximum atomic E-state index is 13.1. The molecule has 2 N–H and O–H groups in total. The third-order valence-electron chi connectivity index (χ3n) is 5.59. The van der Waals surface area contributed by atoms with Crippen molar-refractivity contribution >= 4 is 37.3 Å². The largest absolute Gasteiger partial charge is 0.495 e. The Balaban J connectivity index is 1.76. The molecule has 0 aliphatic rings. The highest BCUT2D eigenvalue weighted by Crippen LogP contribution is 2.33. The first-order valence-corrected chi connectivity index (χ1v) is 14.0. The first-order valence-electron chi connectivity index (χ1n) is 11.0. The minimum absolute atomic E-state index is 0.0517. The van der Waals surface area contributed by atoms with Crippen LogP contribution < -0.4 is 19.1 Å². The van der Waals surface area contributed by atoms with E-state index in [4.69, 9.17) is 4.74 Å². The number of amides is 1. The van der Waals surface area contributed by atoms with Crippen LogP contribution in [0.15, 0.2) is 76.5 Å². The zero-order valence-electron chi connectivity index (χ0n) is 20.5. The first kappa shape index (κ1) is 27.2. The Labute approximate surface area is 212 Å². The molecule has 9 nitrogen and oxygen atoms in total. The molecule has 0 radical (unpaired) electrons. The number of benzene rings is 3. The van der Waals surface area contributed by atoms with E-state index in [1.54, 1.807) is 18.2 Å². The molecule has 3 aromatic rings. The summed E-state index contributed by atoms with van der Waals surface area (Å²) in [4.78, 5) is 12.3. The fraction of sp³-hybridized carbons (Fsp3) is 0.240. The average molecular weight is 532 g/mol. The van der Waals surface area contributed by atoms with Crippen molar-refractivity contribution < 1.29 is 26.4 Å². The first-order chi connectivity index (χ1) is 17.0. The lowest BCUT2D eigenvalue weighted by atomic mass is 10.1. The van der Waals surface area contributed by atoms with Crippen LogP contribution in [-0.2, 0) is 24.8 Å². The highest BCUT2D eigenvalue weighted by atomic mass is 32.2. The molecule has 3 aromatic carbocycles. The van der Waals surface area contributed by atoms with Gasteiger partial charge < -0.3 is 10.1 Å². The third kappa shape index (κ3) is 6.04. The lowest BCUT2D eigenvalue weighted by Gasteiger charge is -2.22. The maximum Gasteiger partial charge on any atom is 0.264 e. The van der Waals surface area contributed by atoms with Gasteiger partial charge in [-0.1, -0.05) is 36.4 Å². The van der Waals surface area contributed by atoms with Crippen molar-refractivity contribution in [1.29, 1.82) is 0 Å². The Kier molecular flexibility index (Phi) is 8.39. The molecule has 0 atom stereocenters. The van der Waals surface area contributed by atoms with E-state index in [-0.39, 0.29) is 40.1 Å². The zero-order valence-corrected chi connectivity index (χ0v) is 22.1. The summed E-state index contributed by atoms with van der Waals surface area (Å²) >= 11 is 0. The van der Waals surface area contributed by atoms with Crippen LogP contribution in [-0.4, -0.2) is 43.4 Å². The Hall–Kier alpha value is -3.41. The molecule has 36 heavy (non-hydrogen) atoms. The molecule has 11 heteroatoms. The van der Waals surface area contributed by atoms with Crippen LogP contribution in [0.4, 0.5) is 11.4 Å². The number of hydrogen-bond acceptors (Lipinski definition) is 6. The standard InChI is InChI=1S/C25H29N3O6S2/c1-18-9-8-10-19(2)25(18)27-24(29)15-16-26-35(30,31)21-13-14-23(34-4)22(17-21)28(3)36(32,33)20-11-6-5-7-12-20/h5-14,17,26H,15-16H2,1-4H3,(H,27,29). The van der Waals surface area contributed by atoms with Gasteiger partial charge in [0.25, 0.3) is 10.0 Å². The highest BCUT2D eigenvalue weighted by Gasteiger charge is 2.26. The van der Waals surface area contributed by atoms with Crippen LogP contribution in [0.2, 0.25) is 0 Å². The molecule has 1 amide bonds. The van der Waals surface area contributed by atoms with Crippen LogP contribution in [0.25, 0.3) is 0 Å². The van der Waals surface area contributed by atoms with Crippen molar-refractivity contribution in [2.45, 2.75) is 30.1 Å². The number of carbonyl (C=O) groups is 1. The number of para-hydroxylation sites is 1. The van der Waals surface area contributed by atoms with Gasteiger partial charge in [-0.25, -0.2) is 21.6 Å². The van der Waals surface area contributed by atoms with Crippen LogP contribution in [0.1, 0.15) is 17.5 Å². The summed E-state index contributed by atoms with van der Waals surface area (Å²) in [5, 5.41) is 2.81. The summed E-state index contributed by atoms with van der Waals surface area (Å²) < 4.78 is 60.6. The smallest absolute Gasteiger partial charge is 0.264 e. The number of nitrogens with one attached hydrogen (secondary N) is 2. The monoisotopic (exact) mass is 531 g/mol. The quantitative estimate of drug-likeness (QED) is 0.413. The molecule has 0 saturated heterocycles. The topological polar surface area (TPSA) is 122 Å². The molecule has 0 heterocycles. The van der Waals surface area contributed by atoms with Crippen LogP contribution in [0, 0.1) is 13.8 Å². The number of sulfonamides is 2. The molecule has 0 aromatic heterocycles. The number of carbonyl (C=O) groups excluding carboxylic acids is 1. The lowest BCUT2D eigenvalue weighted by Crippen LogP contribution is -2.29. The second kappa shape index (κ2) is 11.1. The summed E-state index contributed by atoms with van der Waals surface area (Å²) in [6.45, 7) is 3.61. The van der Waals surface area contributed by atoms with E-state index < -0.39 is 20.0 Å². The van der Waals surface area contributed by atoms with Crippen molar-refractivity contribution in [2.24, 2.45) is 0 Å². The summed E-state index contributed by atoms with van der Waals surface area (Å²) in [5.41, 5.74) is 2.57. The number of hydrogen-bond donors (Lipinski definition) is 2. The normalized spacial score (nSPS) is 11.7. The van der Waals surface area contributed by atoms with Gasteiger partial charge in [-0.15, -0.1) is 0 Å². The lowest BCUT2D eigenvalue weighted by molar-refractivity contribution is -0.116. The second-order valence-electron chi connectivity index (χ2n) is 8.08. The SMILES string of the molecule is COc1ccc(S(=O)(=O)NCCC(=O)Nc2c(C)cccc2C)cc1N(C)S(=O)(=O)c1ccccc1. The van der Waals surface area contributed by atoms with E-state index >= 15 is 0 Å². The summed E-state index contributed by atoms with van der Waals surface area (Å²) in [6.07, 6.45) is -0.0850. The van der Waals surface area contributed by atoms with Crippen LogP contribution in [0.5, 0.6) is 5.75 Å². The summed E-state index contributed by atoms with van der Waals surface area (Å²) in [6, 6.07) is 17.3. The molecule has 0 aliphatic heterocycles. The van der Waals surface area contributed by atoms with Gasteiger partial charge in [0.05, 0.1) is 22.6 Å². The molecular weight excluding hydrogens is 502 g/mol. The Morgan fingerprint density at radius 3 is 2.14 bits per heavy atom. The van der Waals surface area contributed by atoms with Crippen molar-refractivity contribution in [2.75, 3.05) is 30.3 Å². The van der Waals surface area contributed by atoms with Gasteiger partial charge in [0, 0.05) is 25.7 Å². The fourth-order valence-electron chi connectivity index (χ4n) is 3.56. The molecule has 0 bridgehead atoms. The number of nitrogens with zero attached hydrogens (tertiary/aromatic N) is 1. The molecule has 3 rings (SSSR count). The van der Waals surface area contributed by atoms with E-state index in [2.05, 4.69) is 10.0 Å². The van der Waals surface area contributed by atoms with Gasteiger partial charge in [-0.3, -0.25) is 9.10 Å². The van der Waals surface area contributed by atoms with Crippen molar-refractivity contribution in [3.8, 4) is 5.75 Å². The average Bonchev–Trinajstić information content (AvgIpc) is 2.86. The predicted molar refractivity (Wildman–Crippen MR) is 139 cm³/mol. The third-order valence-corrected chi connectivity index (χ3v) is 8.84. The number of anilines is 2. The van der Waals surface area contributed by atoms with E-state index in [1.165, 1.54) is 44.5 Å². The molecule has 0 spiro atoms. The number of ether oxygens (including phenoxy) is 1. The Bertz CT molecular complexity index is 1440. The molecule has 0 saturated carbocycles. The molecular formula is C25H29N3O6S2. The molecule has 0 fully saturated rings. The fourth-order valence-corrected chi connectivity index (χ4v) is 5.83. The molecule has 0 aliphatic carbocycles. The van der Waals surface area contributed by atoms with Gasteiger partial charge in [0.2, 0.25) is 15.9 Å². The van der Waals surface area contributed by atoms with Gasteiger partial charge in [0.1, 0.15) is 5.75 Å². The van der Waals surface area contributed by atoms with Gasteiger partial charge in [-0.05, 0) is 55.3 Å². The molecule has 0 unspecified atom stereocenters. The Morgan fingerprint density at radius 2 is 1.53 bits per heavy atom. The van der Waals surface area contributed by atoms with E-state index in [0.29, 0.717) is 5.69 Å². The number of rotatable bonds is 10. The van der Waals surface area contributed by atoms with Gasteiger partial charge in [-0.2, -0.15) is 0 Å². The van der Waals surface area contributed by atoms with E-state index in [0.717, 1.165) is 15.4 Å². The van der Waals surface area contributed by atoms with Crippen molar-refractivity contribution in [3.63, 3.8) is 0 Å². The van der Waals surface area contributed by atoms with Crippen LogP contribution in [0.3, 0.4) is 0 Å². The maximum absolute atomic E-state index is 13.1. The van der Waals surface area contributed by atoms with Crippen molar-refractivity contribution in [3.05, 3.63) is 77.9 Å². The van der Waals surface area contributed by atoms with Gasteiger partial charge in [0.15, 0.2) is 0 Å².